The van der Waals surface area contributed by atoms with Gasteiger partial charge in [0.05, 0.1) is 5.25 Å². The summed E-state index contributed by atoms with van der Waals surface area (Å²) in [5, 5.41) is 13.7. The molecule has 0 aliphatic heterocycles. The molecule has 2 aromatic heterocycles. The normalized spacial score (nSPS) is 12.3. The van der Waals surface area contributed by atoms with E-state index in [1.165, 1.54) is 11.8 Å². The number of nitrogens with one attached hydrogen (secondary N) is 2. The standard InChI is InChI=1S/C13H19N5O2S/c1-4-5-6-10(21-13-14-9(3)16-17-13)12(19)15-11-7-8(2)20-18-11/h7,10H,4-6H2,1-3H3,(H,14,16,17)(H,15,18,19). The van der Waals surface area contributed by atoms with Crippen molar-refractivity contribution in [3.8, 4) is 0 Å². The highest BCUT2D eigenvalue weighted by Crippen LogP contribution is 2.25. The number of anilines is 1. The minimum atomic E-state index is -0.253. The summed E-state index contributed by atoms with van der Waals surface area (Å²) >= 11 is 1.36. The molecule has 2 heterocycles. The molecule has 0 saturated heterocycles. The summed E-state index contributed by atoms with van der Waals surface area (Å²) in [6.07, 6.45) is 2.75. The maximum Gasteiger partial charge on any atom is 0.239 e. The van der Waals surface area contributed by atoms with Crippen LogP contribution >= 0.6 is 11.8 Å². The Bertz CT molecular complexity index is 595. The van der Waals surface area contributed by atoms with Gasteiger partial charge >= 0.3 is 0 Å². The second-order valence-electron chi connectivity index (χ2n) is 4.76. The van der Waals surface area contributed by atoms with Gasteiger partial charge in [0.15, 0.2) is 5.82 Å². The molecule has 1 amide bonds. The molecule has 0 aromatic carbocycles. The Morgan fingerprint density at radius 1 is 1.52 bits per heavy atom. The van der Waals surface area contributed by atoms with E-state index in [-0.39, 0.29) is 11.2 Å². The van der Waals surface area contributed by atoms with E-state index in [0.29, 0.717) is 16.7 Å². The Balaban J connectivity index is 2.01. The van der Waals surface area contributed by atoms with E-state index in [1.807, 2.05) is 6.92 Å². The molecule has 0 bridgehead atoms. The van der Waals surface area contributed by atoms with Crippen LogP contribution in [0.25, 0.3) is 0 Å². The lowest BCUT2D eigenvalue weighted by Crippen LogP contribution is -2.25. The van der Waals surface area contributed by atoms with Gasteiger partial charge in [-0.2, -0.15) is 0 Å². The number of aromatic nitrogens is 4. The summed E-state index contributed by atoms with van der Waals surface area (Å²) in [5.74, 6) is 1.72. The lowest BCUT2D eigenvalue weighted by Gasteiger charge is -2.13. The molecule has 2 rings (SSSR count). The molecular weight excluding hydrogens is 290 g/mol. The molecule has 0 fully saturated rings. The first kappa shape index (κ1) is 15.6. The number of hydrogen-bond acceptors (Lipinski definition) is 6. The van der Waals surface area contributed by atoms with E-state index in [9.17, 15) is 4.79 Å². The quantitative estimate of drug-likeness (QED) is 0.763. The molecule has 2 aromatic rings. The first-order valence-electron chi connectivity index (χ1n) is 6.88. The molecule has 0 aliphatic rings. The van der Waals surface area contributed by atoms with Crippen molar-refractivity contribution in [2.24, 2.45) is 0 Å². The van der Waals surface area contributed by atoms with Crippen LogP contribution in [0.3, 0.4) is 0 Å². The molecule has 2 N–H and O–H groups in total. The van der Waals surface area contributed by atoms with Crippen LogP contribution in [-0.2, 0) is 4.79 Å². The third-order valence-corrected chi connectivity index (χ3v) is 3.94. The van der Waals surface area contributed by atoms with Crippen LogP contribution in [0.2, 0.25) is 0 Å². The first-order chi connectivity index (χ1) is 10.1. The highest BCUT2D eigenvalue weighted by Gasteiger charge is 2.22. The minimum absolute atomic E-state index is 0.107. The third kappa shape index (κ3) is 4.59. The van der Waals surface area contributed by atoms with E-state index in [2.05, 4.69) is 32.6 Å². The van der Waals surface area contributed by atoms with E-state index in [4.69, 9.17) is 4.52 Å². The molecule has 0 aliphatic carbocycles. The molecule has 1 atom stereocenters. The van der Waals surface area contributed by atoms with Crippen LogP contribution in [0.1, 0.15) is 37.8 Å². The van der Waals surface area contributed by atoms with Gasteiger partial charge in [-0.15, -0.1) is 5.10 Å². The monoisotopic (exact) mass is 309 g/mol. The van der Waals surface area contributed by atoms with Gasteiger partial charge in [0.2, 0.25) is 11.1 Å². The fraction of sp³-hybridized carbons (Fsp3) is 0.538. The van der Waals surface area contributed by atoms with Gasteiger partial charge in [-0.1, -0.05) is 36.7 Å². The molecule has 1 unspecified atom stereocenters. The summed E-state index contributed by atoms with van der Waals surface area (Å²) in [6.45, 7) is 5.70. The van der Waals surface area contributed by atoms with Crippen LogP contribution in [0.5, 0.6) is 0 Å². The number of carbonyl (C=O) groups is 1. The van der Waals surface area contributed by atoms with Gasteiger partial charge in [0.25, 0.3) is 0 Å². The fourth-order valence-corrected chi connectivity index (χ4v) is 2.76. The lowest BCUT2D eigenvalue weighted by molar-refractivity contribution is -0.115. The highest BCUT2D eigenvalue weighted by molar-refractivity contribution is 8.00. The number of aryl methyl sites for hydroxylation is 2. The molecule has 7 nitrogen and oxygen atoms in total. The maximum absolute atomic E-state index is 12.4. The van der Waals surface area contributed by atoms with Gasteiger partial charge < -0.3 is 9.84 Å². The predicted molar refractivity (Wildman–Crippen MR) is 80.2 cm³/mol. The number of carbonyl (C=O) groups excluding carboxylic acids is 1. The van der Waals surface area contributed by atoms with Gasteiger partial charge in [0.1, 0.15) is 11.6 Å². The maximum atomic E-state index is 12.4. The van der Waals surface area contributed by atoms with Crippen LogP contribution < -0.4 is 5.32 Å². The van der Waals surface area contributed by atoms with Gasteiger partial charge in [-0.05, 0) is 20.3 Å². The first-order valence-corrected chi connectivity index (χ1v) is 7.76. The number of amides is 1. The SMILES string of the molecule is CCCCC(Sc1n[nH]c(C)n1)C(=O)Nc1cc(C)on1. The Hall–Kier alpha value is -1.83. The second kappa shape index (κ2) is 7.26. The van der Waals surface area contributed by atoms with Crippen LogP contribution in [0, 0.1) is 13.8 Å². The number of aromatic amines is 1. The average Bonchev–Trinajstić information content (AvgIpc) is 3.03. The van der Waals surface area contributed by atoms with Crippen molar-refractivity contribution in [2.45, 2.75) is 50.4 Å². The van der Waals surface area contributed by atoms with Gasteiger partial charge in [-0.25, -0.2) is 4.98 Å². The number of thioether (sulfide) groups is 1. The van der Waals surface area contributed by atoms with Gasteiger partial charge in [0, 0.05) is 6.07 Å². The Morgan fingerprint density at radius 2 is 2.33 bits per heavy atom. The third-order valence-electron chi connectivity index (χ3n) is 2.82. The number of rotatable bonds is 7. The van der Waals surface area contributed by atoms with Crippen molar-refractivity contribution in [2.75, 3.05) is 5.32 Å². The minimum Gasteiger partial charge on any atom is -0.360 e. The smallest absolute Gasteiger partial charge is 0.239 e. The summed E-state index contributed by atoms with van der Waals surface area (Å²) < 4.78 is 4.95. The second-order valence-corrected chi connectivity index (χ2v) is 5.93. The zero-order chi connectivity index (χ0) is 15.2. The van der Waals surface area contributed by atoms with Crippen molar-refractivity contribution >= 4 is 23.5 Å². The van der Waals surface area contributed by atoms with E-state index in [0.717, 1.165) is 25.1 Å². The zero-order valence-corrected chi connectivity index (χ0v) is 13.2. The van der Waals surface area contributed by atoms with Crippen molar-refractivity contribution in [3.05, 3.63) is 17.7 Å². The van der Waals surface area contributed by atoms with E-state index in [1.54, 1.807) is 13.0 Å². The Morgan fingerprint density at radius 3 is 2.90 bits per heavy atom. The summed E-state index contributed by atoms with van der Waals surface area (Å²) in [7, 11) is 0. The Labute approximate surface area is 127 Å². The van der Waals surface area contributed by atoms with Crippen molar-refractivity contribution < 1.29 is 9.32 Å². The lowest BCUT2D eigenvalue weighted by atomic mass is 10.2. The largest absolute Gasteiger partial charge is 0.360 e. The number of hydrogen-bond donors (Lipinski definition) is 2. The van der Waals surface area contributed by atoms with Crippen molar-refractivity contribution in [1.29, 1.82) is 0 Å². The number of unbranched alkanes of at least 4 members (excludes halogenated alkanes) is 1. The fourth-order valence-electron chi connectivity index (χ4n) is 1.77. The number of H-pyrrole nitrogens is 1. The van der Waals surface area contributed by atoms with Crippen LogP contribution in [0.15, 0.2) is 15.7 Å². The summed E-state index contributed by atoms with van der Waals surface area (Å²) in [4.78, 5) is 16.6. The summed E-state index contributed by atoms with van der Waals surface area (Å²) in [6, 6.07) is 1.69. The molecule has 0 saturated carbocycles. The molecule has 0 radical (unpaired) electrons. The highest BCUT2D eigenvalue weighted by atomic mass is 32.2. The topological polar surface area (TPSA) is 96.7 Å². The average molecular weight is 309 g/mol. The predicted octanol–water partition coefficient (Wildman–Crippen LogP) is 2.70. The van der Waals surface area contributed by atoms with Crippen LogP contribution in [-0.4, -0.2) is 31.5 Å². The zero-order valence-electron chi connectivity index (χ0n) is 12.3. The van der Waals surface area contributed by atoms with E-state index >= 15 is 0 Å². The number of nitrogens with zero attached hydrogens (tertiary/aromatic N) is 3. The van der Waals surface area contributed by atoms with Gasteiger partial charge in [-0.3, -0.25) is 9.89 Å². The van der Waals surface area contributed by atoms with Crippen LogP contribution in [0.4, 0.5) is 5.82 Å². The Kier molecular flexibility index (Phi) is 5.38. The molecule has 114 valence electrons. The molecule has 8 heteroatoms. The van der Waals surface area contributed by atoms with Crippen molar-refractivity contribution in [1.82, 2.24) is 20.3 Å². The van der Waals surface area contributed by atoms with Crippen molar-refractivity contribution in [3.63, 3.8) is 0 Å². The molecule has 21 heavy (non-hydrogen) atoms. The molecule has 0 spiro atoms. The summed E-state index contributed by atoms with van der Waals surface area (Å²) in [5.41, 5.74) is 0. The van der Waals surface area contributed by atoms with E-state index < -0.39 is 0 Å². The molecular formula is C13H19N5O2S.